The zero-order chi connectivity index (χ0) is 14.5. The Balaban J connectivity index is 0.00000220. The lowest BCUT2D eigenvalue weighted by molar-refractivity contribution is -0.122. The number of carbonyl (C=O) groups excluding carboxylic acids is 1. The summed E-state index contributed by atoms with van der Waals surface area (Å²) in [6.07, 6.45) is 0.467. The van der Waals surface area contributed by atoms with E-state index < -0.39 is 0 Å². The number of carbonyl (C=O) groups is 1. The topological polar surface area (TPSA) is 50.4 Å². The minimum absolute atomic E-state index is 0. The quantitative estimate of drug-likeness (QED) is 0.897. The number of amides is 1. The molecule has 1 amide bonds. The lowest BCUT2D eigenvalue weighted by Crippen LogP contribution is -2.44. The highest BCUT2D eigenvalue weighted by molar-refractivity contribution is 5.85. The van der Waals surface area contributed by atoms with E-state index in [0.29, 0.717) is 13.0 Å². The smallest absolute Gasteiger partial charge is 0.222 e. The molecule has 2 N–H and O–H groups in total. The van der Waals surface area contributed by atoms with Gasteiger partial charge in [0.15, 0.2) is 0 Å². The molecule has 2 rings (SSSR count). The van der Waals surface area contributed by atoms with Gasteiger partial charge in [0.2, 0.25) is 5.91 Å². The molecule has 118 valence electrons. The average Bonchev–Trinajstić information content (AvgIpc) is 2.42. The molecule has 0 saturated carbocycles. The van der Waals surface area contributed by atoms with E-state index in [4.69, 9.17) is 4.74 Å². The molecule has 4 nitrogen and oxygen atoms in total. The van der Waals surface area contributed by atoms with Crippen molar-refractivity contribution in [3.8, 4) is 0 Å². The first-order valence-electron chi connectivity index (χ1n) is 7.24. The molecule has 1 heterocycles. The van der Waals surface area contributed by atoms with Crippen molar-refractivity contribution < 1.29 is 9.53 Å². The molecule has 1 aliphatic heterocycles. The van der Waals surface area contributed by atoms with E-state index in [9.17, 15) is 4.79 Å². The minimum Gasteiger partial charge on any atom is -0.378 e. The van der Waals surface area contributed by atoms with Gasteiger partial charge in [0.25, 0.3) is 0 Å². The van der Waals surface area contributed by atoms with Crippen molar-refractivity contribution in [2.45, 2.75) is 39.3 Å². The molecule has 0 radical (unpaired) electrons. The molecule has 1 aromatic rings. The van der Waals surface area contributed by atoms with E-state index in [0.717, 1.165) is 18.7 Å². The van der Waals surface area contributed by atoms with Gasteiger partial charge in [-0.3, -0.25) is 4.79 Å². The normalized spacial score (nSPS) is 19.5. The minimum atomic E-state index is 0. The summed E-state index contributed by atoms with van der Waals surface area (Å²) in [6, 6.07) is 6.49. The van der Waals surface area contributed by atoms with Crippen molar-refractivity contribution in [2.24, 2.45) is 0 Å². The van der Waals surface area contributed by atoms with Gasteiger partial charge in [-0.1, -0.05) is 18.2 Å². The number of rotatable bonds is 4. The Morgan fingerprint density at radius 3 is 2.81 bits per heavy atom. The molecule has 0 aromatic heterocycles. The monoisotopic (exact) mass is 312 g/mol. The molecule has 0 bridgehead atoms. The van der Waals surface area contributed by atoms with Gasteiger partial charge in [-0.2, -0.15) is 0 Å². The molecule has 1 fully saturated rings. The maximum Gasteiger partial charge on any atom is 0.222 e. The first kappa shape index (κ1) is 18.0. The highest BCUT2D eigenvalue weighted by Gasteiger charge is 2.18. The fourth-order valence-corrected chi connectivity index (χ4v) is 2.39. The van der Waals surface area contributed by atoms with E-state index >= 15 is 0 Å². The van der Waals surface area contributed by atoms with Gasteiger partial charge in [0.1, 0.15) is 0 Å². The van der Waals surface area contributed by atoms with Crippen LogP contribution in [0.15, 0.2) is 18.2 Å². The van der Waals surface area contributed by atoms with Crippen molar-refractivity contribution in [1.29, 1.82) is 0 Å². The summed E-state index contributed by atoms with van der Waals surface area (Å²) in [5.74, 6) is 0.0683. The van der Waals surface area contributed by atoms with E-state index in [1.165, 1.54) is 11.1 Å². The van der Waals surface area contributed by atoms with Gasteiger partial charge in [-0.05, 0) is 37.5 Å². The molecule has 5 heteroatoms. The molecular weight excluding hydrogens is 288 g/mol. The third-order valence-corrected chi connectivity index (χ3v) is 3.84. The maximum absolute atomic E-state index is 12.0. The van der Waals surface area contributed by atoms with Crippen molar-refractivity contribution in [3.63, 3.8) is 0 Å². The zero-order valence-corrected chi connectivity index (χ0v) is 13.8. The van der Waals surface area contributed by atoms with E-state index in [-0.39, 0.29) is 30.4 Å². The van der Waals surface area contributed by atoms with Crippen LogP contribution in [0.4, 0.5) is 0 Å². The largest absolute Gasteiger partial charge is 0.378 e. The van der Waals surface area contributed by atoms with Crippen LogP contribution < -0.4 is 10.6 Å². The number of hydrogen-bond donors (Lipinski definition) is 2. The number of ether oxygens (including phenoxy) is 1. The third-order valence-electron chi connectivity index (χ3n) is 3.84. The zero-order valence-electron chi connectivity index (χ0n) is 12.9. The van der Waals surface area contributed by atoms with E-state index in [1.54, 1.807) is 0 Å². The Morgan fingerprint density at radius 1 is 1.43 bits per heavy atom. The molecule has 1 aliphatic rings. The lowest BCUT2D eigenvalue weighted by Gasteiger charge is -2.24. The number of nitrogens with one attached hydrogen (secondary N) is 2. The van der Waals surface area contributed by atoms with Crippen LogP contribution in [0.25, 0.3) is 0 Å². The van der Waals surface area contributed by atoms with Gasteiger partial charge < -0.3 is 15.4 Å². The lowest BCUT2D eigenvalue weighted by atomic mass is 10.0. The predicted octanol–water partition coefficient (Wildman–Crippen LogP) is 2.28. The van der Waals surface area contributed by atoms with Gasteiger partial charge in [0.05, 0.1) is 19.3 Å². The Labute approximate surface area is 133 Å². The SMILES string of the molecule is Cc1ccc(C(C)NC(=O)CC2COCCN2)cc1C.Cl. The van der Waals surface area contributed by atoms with Gasteiger partial charge in [0, 0.05) is 19.0 Å². The average molecular weight is 313 g/mol. The number of aryl methyl sites for hydroxylation is 2. The molecule has 0 aliphatic carbocycles. The second-order valence-corrected chi connectivity index (χ2v) is 5.56. The van der Waals surface area contributed by atoms with E-state index in [1.807, 2.05) is 6.92 Å². The fourth-order valence-electron chi connectivity index (χ4n) is 2.39. The van der Waals surface area contributed by atoms with Crippen molar-refractivity contribution in [1.82, 2.24) is 10.6 Å². The fraction of sp³-hybridized carbons (Fsp3) is 0.562. The first-order chi connectivity index (χ1) is 9.56. The summed E-state index contributed by atoms with van der Waals surface area (Å²) < 4.78 is 5.36. The van der Waals surface area contributed by atoms with Crippen LogP contribution in [0.5, 0.6) is 0 Å². The summed E-state index contributed by atoms with van der Waals surface area (Å²) in [7, 11) is 0. The van der Waals surface area contributed by atoms with Crippen LogP contribution in [0.2, 0.25) is 0 Å². The first-order valence-corrected chi connectivity index (χ1v) is 7.24. The molecular formula is C16H25ClN2O2. The number of hydrogen-bond acceptors (Lipinski definition) is 3. The summed E-state index contributed by atoms with van der Waals surface area (Å²) in [5.41, 5.74) is 3.68. The van der Waals surface area contributed by atoms with E-state index in [2.05, 4.69) is 42.7 Å². The highest BCUT2D eigenvalue weighted by atomic mass is 35.5. The Morgan fingerprint density at radius 2 is 2.19 bits per heavy atom. The van der Waals surface area contributed by atoms with Crippen LogP contribution in [0.1, 0.15) is 36.1 Å². The molecule has 1 aromatic carbocycles. The number of halogens is 1. The summed E-state index contributed by atoms with van der Waals surface area (Å²) in [5, 5.41) is 6.35. The number of benzene rings is 1. The third kappa shape index (κ3) is 5.30. The van der Waals surface area contributed by atoms with Crippen molar-refractivity contribution in [3.05, 3.63) is 34.9 Å². The maximum atomic E-state index is 12.0. The molecule has 2 atom stereocenters. The van der Waals surface area contributed by atoms with Crippen LogP contribution in [-0.2, 0) is 9.53 Å². The van der Waals surface area contributed by atoms with Crippen LogP contribution in [-0.4, -0.2) is 31.7 Å². The molecule has 0 spiro atoms. The van der Waals surface area contributed by atoms with Crippen LogP contribution in [0.3, 0.4) is 0 Å². The standard InChI is InChI=1S/C16H24N2O2.ClH/c1-11-4-5-14(8-12(11)2)13(3)18-16(19)9-15-10-20-7-6-17-15;/h4-5,8,13,15,17H,6-7,9-10H2,1-3H3,(H,18,19);1H. The second-order valence-electron chi connectivity index (χ2n) is 5.56. The summed E-state index contributed by atoms with van der Waals surface area (Å²) in [6.45, 7) is 8.38. The van der Waals surface area contributed by atoms with Crippen LogP contribution in [0, 0.1) is 13.8 Å². The second kappa shape index (κ2) is 8.37. The van der Waals surface area contributed by atoms with Gasteiger partial charge in [-0.15, -0.1) is 12.4 Å². The Bertz CT molecular complexity index is 473. The van der Waals surface area contributed by atoms with Crippen molar-refractivity contribution in [2.75, 3.05) is 19.8 Å². The van der Waals surface area contributed by atoms with Gasteiger partial charge in [-0.25, -0.2) is 0 Å². The molecule has 2 unspecified atom stereocenters. The number of morpholine rings is 1. The van der Waals surface area contributed by atoms with Crippen LogP contribution >= 0.6 is 12.4 Å². The summed E-state index contributed by atoms with van der Waals surface area (Å²) in [4.78, 5) is 12.0. The molecule has 1 saturated heterocycles. The van der Waals surface area contributed by atoms with Crippen molar-refractivity contribution >= 4 is 18.3 Å². The Kier molecular flexibility index (Phi) is 7.15. The predicted molar refractivity (Wildman–Crippen MR) is 86.9 cm³/mol. The molecule has 21 heavy (non-hydrogen) atoms. The summed E-state index contributed by atoms with van der Waals surface area (Å²) >= 11 is 0. The highest BCUT2D eigenvalue weighted by Crippen LogP contribution is 2.17. The Hall–Kier alpha value is -1.10. The van der Waals surface area contributed by atoms with Gasteiger partial charge >= 0.3 is 0 Å².